The maximum Gasteiger partial charge on any atom is 0.126 e. The lowest BCUT2D eigenvalue weighted by Gasteiger charge is -2.25. The van der Waals surface area contributed by atoms with Crippen LogP contribution in [0.4, 0.5) is 34.1 Å². The van der Waals surface area contributed by atoms with Crippen LogP contribution in [0.1, 0.15) is 25.0 Å². The second-order valence-electron chi connectivity index (χ2n) is 12.6. The summed E-state index contributed by atoms with van der Waals surface area (Å²) >= 11 is 0. The zero-order chi connectivity index (χ0) is 34.1. The maximum absolute atomic E-state index is 11.0. The van der Waals surface area contributed by atoms with Crippen LogP contribution < -0.4 is 9.80 Å². The van der Waals surface area contributed by atoms with Gasteiger partial charge >= 0.3 is 0 Å². The number of aromatic hydroxyl groups is 2. The van der Waals surface area contributed by atoms with E-state index in [1.807, 2.05) is 146 Å². The molecule has 6 rings (SSSR count). The van der Waals surface area contributed by atoms with Crippen LogP contribution >= 0.6 is 0 Å². The molecule has 0 saturated carbocycles. The number of phenolic OH excluding ortho intramolecular Hbond substituents is 2. The van der Waals surface area contributed by atoms with Crippen molar-refractivity contribution in [2.24, 2.45) is 15.4 Å². The van der Waals surface area contributed by atoms with Gasteiger partial charge < -0.3 is 20.0 Å². The Bertz CT molecular complexity index is 1790. The quantitative estimate of drug-likeness (QED) is 0.130. The predicted octanol–water partition coefficient (Wildman–Crippen LogP) is 10.6. The first-order valence-electron chi connectivity index (χ1n) is 16.3. The second-order valence-corrected chi connectivity index (χ2v) is 12.6. The van der Waals surface area contributed by atoms with Gasteiger partial charge in [-0.1, -0.05) is 86.6 Å². The lowest BCUT2D eigenvalue weighted by Crippen LogP contribution is -2.19. The number of aliphatic imine (C=N–C) groups is 2. The minimum atomic E-state index is -0.243. The third-order valence-electron chi connectivity index (χ3n) is 8.10. The standard InChI is InChI=1S/C43H40N4O2/c1-43(2,31-44-29-33-23-25-39(27-41(33)48)46(35-15-7-3-8-16-35)36-17-9-4-10-18-36)32-45-30-34-24-26-40(28-42(34)49)47(37-19-11-5-12-20-37)38-21-13-6-14-22-38/h3-30,48-49H,31-32H2,1-2H3/b44-29+,45-30+. The molecule has 0 aliphatic carbocycles. The Balaban J connectivity index is 1.11. The fourth-order valence-electron chi connectivity index (χ4n) is 5.60. The molecule has 0 unspecified atom stereocenters. The highest BCUT2D eigenvalue weighted by Crippen LogP contribution is 2.38. The van der Waals surface area contributed by atoms with Crippen molar-refractivity contribution in [3.05, 3.63) is 169 Å². The zero-order valence-corrected chi connectivity index (χ0v) is 27.8. The van der Waals surface area contributed by atoms with Crippen molar-refractivity contribution in [1.29, 1.82) is 0 Å². The van der Waals surface area contributed by atoms with Gasteiger partial charge in [-0.2, -0.15) is 0 Å². The van der Waals surface area contributed by atoms with E-state index >= 15 is 0 Å². The molecule has 0 bridgehead atoms. The summed E-state index contributed by atoms with van der Waals surface area (Å²) in [6.07, 6.45) is 3.44. The molecule has 0 amide bonds. The Morgan fingerprint density at radius 2 is 0.755 bits per heavy atom. The van der Waals surface area contributed by atoms with Crippen molar-refractivity contribution in [3.8, 4) is 11.5 Å². The van der Waals surface area contributed by atoms with Gasteiger partial charge in [0.15, 0.2) is 0 Å². The van der Waals surface area contributed by atoms with E-state index in [-0.39, 0.29) is 16.9 Å². The van der Waals surface area contributed by atoms with Crippen LogP contribution in [0.25, 0.3) is 0 Å². The minimum Gasteiger partial charge on any atom is -0.507 e. The molecule has 0 radical (unpaired) electrons. The molecular weight excluding hydrogens is 604 g/mol. The van der Waals surface area contributed by atoms with Crippen LogP contribution in [0.2, 0.25) is 0 Å². The first kappa shape index (κ1) is 32.8. The third kappa shape index (κ3) is 8.24. The monoisotopic (exact) mass is 644 g/mol. The van der Waals surface area contributed by atoms with Gasteiger partial charge in [0.25, 0.3) is 0 Å². The molecule has 6 nitrogen and oxygen atoms in total. The Kier molecular flexibility index (Phi) is 10.2. The topological polar surface area (TPSA) is 71.7 Å². The lowest BCUT2D eigenvalue weighted by atomic mass is 9.94. The summed E-state index contributed by atoms with van der Waals surface area (Å²) in [4.78, 5) is 13.6. The van der Waals surface area contributed by atoms with E-state index < -0.39 is 0 Å². The lowest BCUT2D eigenvalue weighted by molar-refractivity contribution is 0.396. The van der Waals surface area contributed by atoms with Crippen molar-refractivity contribution >= 4 is 46.6 Å². The van der Waals surface area contributed by atoms with Crippen molar-refractivity contribution in [1.82, 2.24) is 0 Å². The Labute approximate surface area is 288 Å². The summed E-state index contributed by atoms with van der Waals surface area (Å²) in [5.41, 5.74) is 6.77. The number of para-hydroxylation sites is 4. The minimum absolute atomic E-state index is 0.158. The number of hydrogen-bond donors (Lipinski definition) is 2. The Hall–Kier alpha value is -6.14. The molecule has 6 aromatic rings. The van der Waals surface area contributed by atoms with E-state index in [1.54, 1.807) is 24.6 Å². The molecule has 2 N–H and O–H groups in total. The maximum atomic E-state index is 11.0. The van der Waals surface area contributed by atoms with Gasteiger partial charge in [0, 0.05) is 88.3 Å². The molecule has 244 valence electrons. The van der Waals surface area contributed by atoms with Crippen molar-refractivity contribution in [3.63, 3.8) is 0 Å². The highest BCUT2D eigenvalue weighted by molar-refractivity contribution is 5.87. The molecule has 0 heterocycles. The normalized spacial score (nSPS) is 11.6. The van der Waals surface area contributed by atoms with Gasteiger partial charge in [-0.15, -0.1) is 0 Å². The summed E-state index contributed by atoms with van der Waals surface area (Å²) in [5.74, 6) is 0.317. The average Bonchev–Trinajstić information content (AvgIpc) is 3.12. The number of anilines is 6. The first-order chi connectivity index (χ1) is 23.9. The number of rotatable bonds is 12. The zero-order valence-electron chi connectivity index (χ0n) is 27.8. The average molecular weight is 645 g/mol. The number of benzene rings is 6. The summed E-state index contributed by atoms with van der Waals surface area (Å²) in [7, 11) is 0. The van der Waals surface area contributed by atoms with Crippen molar-refractivity contribution in [2.45, 2.75) is 13.8 Å². The van der Waals surface area contributed by atoms with Gasteiger partial charge in [0.1, 0.15) is 11.5 Å². The number of nitrogens with zero attached hydrogens (tertiary/aromatic N) is 4. The first-order valence-corrected chi connectivity index (χ1v) is 16.3. The fourth-order valence-corrected chi connectivity index (χ4v) is 5.60. The number of hydrogen-bond acceptors (Lipinski definition) is 6. The van der Waals surface area contributed by atoms with Crippen LogP contribution in [-0.2, 0) is 0 Å². The summed E-state index contributed by atoms with van der Waals surface area (Å²) in [5, 5.41) is 21.9. The second kappa shape index (κ2) is 15.2. The van der Waals surface area contributed by atoms with E-state index in [0.29, 0.717) is 24.2 Å². The van der Waals surface area contributed by atoms with E-state index in [2.05, 4.69) is 33.6 Å². The molecular formula is C43H40N4O2. The summed E-state index contributed by atoms with van der Waals surface area (Å²) < 4.78 is 0. The van der Waals surface area contributed by atoms with E-state index in [9.17, 15) is 10.2 Å². The van der Waals surface area contributed by atoms with Crippen LogP contribution in [0, 0.1) is 5.41 Å². The van der Waals surface area contributed by atoms with Gasteiger partial charge in [-0.05, 0) is 72.8 Å². The van der Waals surface area contributed by atoms with Crippen molar-refractivity contribution < 1.29 is 10.2 Å². The molecule has 0 spiro atoms. The molecule has 0 saturated heterocycles. The summed E-state index contributed by atoms with van der Waals surface area (Å²) in [6, 6.07) is 51.7. The molecule has 0 atom stereocenters. The molecule has 6 aromatic carbocycles. The predicted molar refractivity (Wildman–Crippen MR) is 204 cm³/mol. The molecule has 0 aliphatic heterocycles. The highest BCUT2D eigenvalue weighted by atomic mass is 16.3. The smallest absolute Gasteiger partial charge is 0.126 e. The van der Waals surface area contributed by atoms with Gasteiger partial charge in [-0.3, -0.25) is 9.98 Å². The molecule has 0 aliphatic rings. The Morgan fingerprint density at radius 3 is 1.04 bits per heavy atom. The molecule has 0 aromatic heterocycles. The Morgan fingerprint density at radius 1 is 0.449 bits per heavy atom. The molecule has 49 heavy (non-hydrogen) atoms. The highest BCUT2D eigenvalue weighted by Gasteiger charge is 2.18. The van der Waals surface area contributed by atoms with E-state index in [0.717, 1.165) is 34.1 Å². The third-order valence-corrected chi connectivity index (χ3v) is 8.10. The number of phenols is 2. The van der Waals surface area contributed by atoms with Crippen LogP contribution in [0.3, 0.4) is 0 Å². The van der Waals surface area contributed by atoms with E-state index in [4.69, 9.17) is 0 Å². The van der Waals surface area contributed by atoms with Crippen LogP contribution in [0.5, 0.6) is 11.5 Å². The van der Waals surface area contributed by atoms with Gasteiger partial charge in [0.2, 0.25) is 0 Å². The van der Waals surface area contributed by atoms with Crippen LogP contribution in [-0.4, -0.2) is 35.7 Å². The van der Waals surface area contributed by atoms with E-state index in [1.165, 1.54) is 0 Å². The summed E-state index contributed by atoms with van der Waals surface area (Å²) in [6.45, 7) is 5.23. The fraction of sp³-hybridized carbons (Fsp3) is 0.116. The molecule has 6 heteroatoms. The van der Waals surface area contributed by atoms with Crippen LogP contribution in [0.15, 0.2) is 168 Å². The van der Waals surface area contributed by atoms with Gasteiger partial charge in [-0.25, -0.2) is 0 Å². The molecule has 0 fully saturated rings. The van der Waals surface area contributed by atoms with Gasteiger partial charge in [0.05, 0.1) is 0 Å². The largest absolute Gasteiger partial charge is 0.507 e. The SMILES string of the molecule is CC(C)(C/N=C/c1ccc(N(c2ccccc2)c2ccccc2)cc1O)C/N=C/c1ccc(N(c2ccccc2)c2ccccc2)cc1O. The van der Waals surface area contributed by atoms with Crippen molar-refractivity contribution in [2.75, 3.05) is 22.9 Å².